The number of aliphatic hydroxyl groups is 1. The van der Waals surface area contributed by atoms with Crippen molar-refractivity contribution >= 4 is 21.9 Å². The number of aliphatic hydroxyl groups excluding tert-OH is 1. The van der Waals surface area contributed by atoms with Gasteiger partial charge in [-0.1, -0.05) is 0 Å². The third-order valence-corrected chi connectivity index (χ3v) is 1.27. The molecule has 0 aliphatic carbocycles. The van der Waals surface area contributed by atoms with Crippen LogP contribution in [0.5, 0.6) is 0 Å². The van der Waals surface area contributed by atoms with Gasteiger partial charge < -0.3 is 16.6 Å². The molecule has 0 unspecified atom stereocenters. The maximum Gasteiger partial charge on any atom is 0.394 e. The highest BCUT2D eigenvalue weighted by molar-refractivity contribution is 7.79. The fraction of sp³-hybridized carbons (Fsp3) is 0.400. The second-order valence-corrected chi connectivity index (χ2v) is 3.32. The summed E-state index contributed by atoms with van der Waals surface area (Å²) in [5.41, 5.74) is 11.9. The molecule has 88 valence electrons. The molecule has 0 aliphatic heterocycles. The smallest absolute Gasteiger partial charge is 0.394 e. The van der Waals surface area contributed by atoms with Crippen LogP contribution in [0.4, 0.5) is 11.5 Å². The summed E-state index contributed by atoms with van der Waals surface area (Å²) >= 11 is 0. The Morgan fingerprint density at radius 1 is 1.33 bits per heavy atom. The highest BCUT2D eigenvalue weighted by atomic mass is 32.3. The van der Waals surface area contributed by atoms with Crippen molar-refractivity contribution in [2.75, 3.05) is 18.1 Å². The SMILES string of the molecule is Nc1n[nH]c(CCO)c1N.O=S(=O)(O)O. The molecule has 0 aliphatic rings. The summed E-state index contributed by atoms with van der Waals surface area (Å²) in [5, 5.41) is 14.8. The number of anilines is 2. The van der Waals surface area contributed by atoms with Crippen LogP contribution in [0.2, 0.25) is 0 Å². The molecule has 0 amide bonds. The lowest BCUT2D eigenvalue weighted by atomic mass is 10.3. The Labute approximate surface area is 85.7 Å². The topological polar surface area (TPSA) is 176 Å². The zero-order valence-corrected chi connectivity index (χ0v) is 8.40. The van der Waals surface area contributed by atoms with Crippen LogP contribution >= 0.6 is 0 Å². The predicted octanol–water partition coefficient (Wildman–Crippen LogP) is -1.54. The van der Waals surface area contributed by atoms with Gasteiger partial charge in [-0.05, 0) is 0 Å². The first kappa shape index (κ1) is 13.6. The standard InChI is InChI=1S/C5H10N4O.H2O4S/c6-4-3(1-2-10)8-9-5(4)7;1-5(2,3)4/h10H,1-2,6H2,(H3,7,8,9);(H2,1,2,3,4). The average molecular weight is 240 g/mol. The van der Waals surface area contributed by atoms with Crippen molar-refractivity contribution < 1.29 is 22.6 Å². The Morgan fingerprint density at radius 3 is 2.07 bits per heavy atom. The van der Waals surface area contributed by atoms with Crippen LogP contribution in [-0.2, 0) is 16.8 Å². The monoisotopic (exact) mass is 240 g/mol. The lowest BCUT2D eigenvalue weighted by molar-refractivity contribution is 0.298. The molecule has 0 aromatic carbocycles. The number of hydrogen-bond donors (Lipinski definition) is 6. The molecule has 0 spiro atoms. The fourth-order valence-electron chi connectivity index (χ4n) is 0.705. The molecule has 0 saturated carbocycles. The van der Waals surface area contributed by atoms with Gasteiger partial charge in [0.2, 0.25) is 0 Å². The third kappa shape index (κ3) is 6.68. The molecule has 10 heteroatoms. The predicted molar refractivity (Wildman–Crippen MR) is 52.4 cm³/mol. The van der Waals surface area contributed by atoms with E-state index < -0.39 is 10.4 Å². The summed E-state index contributed by atoms with van der Waals surface area (Å²) < 4.78 is 31.6. The molecule has 0 saturated heterocycles. The van der Waals surface area contributed by atoms with E-state index in [-0.39, 0.29) is 6.61 Å². The zero-order valence-electron chi connectivity index (χ0n) is 7.58. The van der Waals surface area contributed by atoms with Crippen LogP contribution in [0.1, 0.15) is 5.69 Å². The van der Waals surface area contributed by atoms with E-state index in [1.54, 1.807) is 0 Å². The van der Waals surface area contributed by atoms with E-state index in [0.29, 0.717) is 23.6 Å². The summed E-state index contributed by atoms with van der Waals surface area (Å²) in [6.45, 7) is 0.0475. The Kier molecular flexibility index (Phi) is 5.00. The van der Waals surface area contributed by atoms with Crippen molar-refractivity contribution in [2.24, 2.45) is 0 Å². The summed E-state index contributed by atoms with van der Waals surface area (Å²) in [6.07, 6.45) is 0.468. The van der Waals surface area contributed by atoms with Gasteiger partial charge in [0.25, 0.3) is 0 Å². The molecular weight excluding hydrogens is 228 g/mol. The molecule has 9 nitrogen and oxygen atoms in total. The van der Waals surface area contributed by atoms with Crippen LogP contribution in [0.3, 0.4) is 0 Å². The summed E-state index contributed by atoms with van der Waals surface area (Å²) in [4.78, 5) is 0. The molecular formula is C5H12N4O5S. The van der Waals surface area contributed by atoms with Crippen molar-refractivity contribution in [1.29, 1.82) is 0 Å². The van der Waals surface area contributed by atoms with E-state index in [1.165, 1.54) is 0 Å². The number of rotatable bonds is 2. The number of nitrogens with two attached hydrogens (primary N) is 2. The Morgan fingerprint density at radius 2 is 1.80 bits per heavy atom. The number of nitrogen functional groups attached to an aromatic ring is 2. The first-order chi connectivity index (χ1) is 6.75. The minimum atomic E-state index is -4.67. The lowest BCUT2D eigenvalue weighted by Gasteiger charge is -1.92. The van der Waals surface area contributed by atoms with Gasteiger partial charge in [0.1, 0.15) is 0 Å². The van der Waals surface area contributed by atoms with Gasteiger partial charge in [-0.2, -0.15) is 13.5 Å². The van der Waals surface area contributed by atoms with Crippen LogP contribution in [0.15, 0.2) is 0 Å². The molecule has 0 atom stereocenters. The molecule has 0 radical (unpaired) electrons. The van der Waals surface area contributed by atoms with Crippen LogP contribution in [0.25, 0.3) is 0 Å². The van der Waals surface area contributed by atoms with Gasteiger partial charge in [0.05, 0.1) is 11.4 Å². The summed E-state index contributed by atoms with van der Waals surface area (Å²) in [5.74, 6) is 0.295. The third-order valence-electron chi connectivity index (χ3n) is 1.27. The summed E-state index contributed by atoms with van der Waals surface area (Å²) in [6, 6.07) is 0. The van der Waals surface area contributed by atoms with Crippen molar-refractivity contribution in [3.05, 3.63) is 5.69 Å². The molecule has 1 heterocycles. The van der Waals surface area contributed by atoms with Gasteiger partial charge in [-0.25, -0.2) is 0 Å². The zero-order chi connectivity index (χ0) is 12.1. The normalized spacial score (nSPS) is 10.6. The van der Waals surface area contributed by atoms with Crippen molar-refractivity contribution in [3.8, 4) is 0 Å². The number of hydrogen-bond acceptors (Lipinski definition) is 6. The van der Waals surface area contributed by atoms with Crippen molar-refractivity contribution in [3.63, 3.8) is 0 Å². The van der Waals surface area contributed by atoms with Gasteiger partial charge in [-0.3, -0.25) is 14.2 Å². The molecule has 15 heavy (non-hydrogen) atoms. The maximum absolute atomic E-state index is 8.74. The first-order valence-corrected chi connectivity index (χ1v) is 5.04. The second-order valence-electron chi connectivity index (χ2n) is 2.42. The highest BCUT2D eigenvalue weighted by Crippen LogP contribution is 2.14. The van der Waals surface area contributed by atoms with Crippen LogP contribution in [-0.4, -0.2) is 39.4 Å². The van der Waals surface area contributed by atoms with Gasteiger partial charge in [0, 0.05) is 13.0 Å². The van der Waals surface area contributed by atoms with E-state index >= 15 is 0 Å². The van der Waals surface area contributed by atoms with Gasteiger partial charge in [-0.15, -0.1) is 0 Å². The van der Waals surface area contributed by atoms with Gasteiger partial charge in [0.15, 0.2) is 5.82 Å². The van der Waals surface area contributed by atoms with Crippen molar-refractivity contribution in [2.45, 2.75) is 6.42 Å². The van der Waals surface area contributed by atoms with E-state index in [9.17, 15) is 0 Å². The Hall–Kier alpha value is -1.36. The average Bonchev–Trinajstić information content (AvgIpc) is 2.34. The van der Waals surface area contributed by atoms with Crippen molar-refractivity contribution in [1.82, 2.24) is 10.2 Å². The molecule has 1 aromatic heterocycles. The number of H-pyrrole nitrogens is 1. The van der Waals surface area contributed by atoms with Crippen LogP contribution < -0.4 is 11.5 Å². The number of aromatic amines is 1. The van der Waals surface area contributed by atoms with E-state index in [0.717, 1.165) is 0 Å². The summed E-state index contributed by atoms with van der Waals surface area (Å²) in [7, 11) is -4.67. The minimum absolute atomic E-state index is 0.0475. The first-order valence-electron chi connectivity index (χ1n) is 3.64. The lowest BCUT2D eigenvalue weighted by Crippen LogP contribution is -1.97. The molecule has 8 N–H and O–H groups in total. The molecule has 1 aromatic rings. The molecule has 0 bridgehead atoms. The molecule has 0 fully saturated rings. The highest BCUT2D eigenvalue weighted by Gasteiger charge is 2.04. The second kappa shape index (κ2) is 5.50. The van der Waals surface area contributed by atoms with Crippen LogP contribution in [0, 0.1) is 0 Å². The van der Waals surface area contributed by atoms with E-state index in [2.05, 4.69) is 10.2 Å². The quantitative estimate of drug-likeness (QED) is 0.337. The van der Waals surface area contributed by atoms with E-state index in [1.807, 2.05) is 0 Å². The largest absolute Gasteiger partial charge is 0.396 e. The maximum atomic E-state index is 8.74. The van der Waals surface area contributed by atoms with E-state index in [4.69, 9.17) is 34.1 Å². The Bertz CT molecular complexity index is 392. The fourth-order valence-corrected chi connectivity index (χ4v) is 0.705. The number of nitrogens with one attached hydrogen (secondary N) is 1. The van der Waals surface area contributed by atoms with Gasteiger partial charge >= 0.3 is 10.4 Å². The number of nitrogens with zero attached hydrogens (tertiary/aromatic N) is 1. The number of aromatic nitrogens is 2. The Balaban J connectivity index is 0.000000336. The minimum Gasteiger partial charge on any atom is -0.396 e. The molecule has 1 rings (SSSR count).